The minimum Gasteiger partial charge on any atom is -0.496 e. The number of para-hydroxylation sites is 1. The summed E-state index contributed by atoms with van der Waals surface area (Å²) in [6.07, 6.45) is 0. The van der Waals surface area contributed by atoms with E-state index in [4.69, 9.17) is 16.3 Å². The van der Waals surface area contributed by atoms with Gasteiger partial charge >= 0.3 is 0 Å². The molecule has 1 aromatic heterocycles. The Hall–Kier alpha value is -2.89. The Bertz CT molecular complexity index is 1070. The first-order valence-electron chi connectivity index (χ1n) is 8.37. The summed E-state index contributed by atoms with van der Waals surface area (Å²) in [5.41, 5.74) is 5.08. The van der Waals surface area contributed by atoms with E-state index in [0.717, 1.165) is 11.8 Å². The van der Waals surface area contributed by atoms with E-state index in [9.17, 15) is 14.0 Å². The summed E-state index contributed by atoms with van der Waals surface area (Å²) in [5, 5.41) is 11.4. The summed E-state index contributed by atoms with van der Waals surface area (Å²) < 4.78 is 19.3. The fraction of sp³-hybridized carbons (Fsp3) is 0.111. The second-order valence-corrected chi connectivity index (χ2v) is 8.25. The molecule has 0 spiro atoms. The Morgan fingerprint density at radius 2 is 2.00 bits per heavy atom. The number of aromatic nitrogens is 2. The molecule has 0 aliphatic rings. The maximum Gasteiger partial charge on any atom is 0.273 e. The number of rotatable bonds is 7. The van der Waals surface area contributed by atoms with Crippen molar-refractivity contribution in [1.29, 1.82) is 0 Å². The lowest BCUT2D eigenvalue weighted by atomic mass is 10.2. The van der Waals surface area contributed by atoms with Crippen LogP contribution in [0.4, 0.5) is 15.2 Å². The molecule has 3 aromatic rings. The Balaban J connectivity index is 1.48. The van der Waals surface area contributed by atoms with Crippen LogP contribution < -0.4 is 20.9 Å². The molecule has 1 heterocycles. The highest BCUT2D eigenvalue weighted by Crippen LogP contribution is 2.28. The second kappa shape index (κ2) is 10.2. The number of anilines is 2. The van der Waals surface area contributed by atoms with E-state index < -0.39 is 17.6 Å². The third-order valence-electron chi connectivity index (χ3n) is 3.57. The minimum atomic E-state index is -0.569. The SMILES string of the molecule is COc1ccc(Cl)cc1C(=O)NNC(=O)CSc1nnc(Nc2ccccc2F)s1. The van der Waals surface area contributed by atoms with Crippen LogP contribution in [0.2, 0.25) is 5.02 Å². The molecule has 30 heavy (non-hydrogen) atoms. The molecule has 0 saturated carbocycles. The predicted octanol–water partition coefficient (Wildman–Crippen LogP) is 3.64. The molecule has 0 bridgehead atoms. The number of halogens is 2. The molecule has 0 saturated heterocycles. The van der Waals surface area contributed by atoms with Crippen molar-refractivity contribution in [2.75, 3.05) is 18.2 Å². The molecule has 0 unspecified atom stereocenters. The van der Waals surface area contributed by atoms with E-state index in [1.165, 1.54) is 30.6 Å². The quantitative estimate of drug-likeness (QED) is 0.360. The van der Waals surface area contributed by atoms with Gasteiger partial charge < -0.3 is 10.1 Å². The van der Waals surface area contributed by atoms with Crippen molar-refractivity contribution in [1.82, 2.24) is 21.0 Å². The van der Waals surface area contributed by atoms with Crippen LogP contribution in [0.1, 0.15) is 10.4 Å². The molecular formula is C18H15ClFN5O3S2. The molecule has 0 radical (unpaired) electrons. The van der Waals surface area contributed by atoms with Gasteiger partial charge in [-0.15, -0.1) is 10.2 Å². The smallest absolute Gasteiger partial charge is 0.273 e. The highest BCUT2D eigenvalue weighted by atomic mass is 35.5. The lowest BCUT2D eigenvalue weighted by Gasteiger charge is -2.10. The number of amides is 2. The summed E-state index contributed by atoms with van der Waals surface area (Å²) in [6.45, 7) is 0. The summed E-state index contributed by atoms with van der Waals surface area (Å²) in [7, 11) is 1.42. The molecule has 0 aliphatic heterocycles. The van der Waals surface area contributed by atoms with Crippen LogP contribution in [-0.2, 0) is 4.79 Å². The molecule has 0 atom stereocenters. The van der Waals surface area contributed by atoms with Crippen molar-refractivity contribution < 1.29 is 18.7 Å². The number of nitrogens with one attached hydrogen (secondary N) is 3. The fourth-order valence-electron chi connectivity index (χ4n) is 2.21. The van der Waals surface area contributed by atoms with Crippen molar-refractivity contribution in [3.05, 3.63) is 58.9 Å². The van der Waals surface area contributed by atoms with E-state index in [-0.39, 0.29) is 17.0 Å². The molecule has 3 rings (SSSR count). The fourth-order valence-corrected chi connectivity index (χ4v) is 3.95. The second-order valence-electron chi connectivity index (χ2n) is 5.61. The van der Waals surface area contributed by atoms with Gasteiger partial charge in [-0.1, -0.05) is 46.8 Å². The van der Waals surface area contributed by atoms with E-state index >= 15 is 0 Å². The lowest BCUT2D eigenvalue weighted by molar-refractivity contribution is -0.119. The molecular weight excluding hydrogens is 453 g/mol. The van der Waals surface area contributed by atoms with Crippen molar-refractivity contribution in [2.24, 2.45) is 0 Å². The molecule has 0 aliphatic carbocycles. The predicted molar refractivity (Wildman–Crippen MR) is 114 cm³/mol. The summed E-state index contributed by atoms with van der Waals surface area (Å²) in [4.78, 5) is 24.2. The van der Waals surface area contributed by atoms with Gasteiger partial charge in [-0.2, -0.15) is 0 Å². The highest BCUT2D eigenvalue weighted by Gasteiger charge is 2.14. The zero-order valence-electron chi connectivity index (χ0n) is 15.4. The maximum atomic E-state index is 13.7. The van der Waals surface area contributed by atoms with Crippen molar-refractivity contribution >= 4 is 57.3 Å². The number of thioether (sulfide) groups is 1. The van der Waals surface area contributed by atoms with E-state index in [1.54, 1.807) is 30.3 Å². The average molecular weight is 468 g/mol. The number of nitrogens with zero attached hydrogens (tertiary/aromatic N) is 2. The third-order valence-corrected chi connectivity index (χ3v) is 5.78. The van der Waals surface area contributed by atoms with Crippen molar-refractivity contribution in [3.63, 3.8) is 0 Å². The molecule has 8 nitrogen and oxygen atoms in total. The van der Waals surface area contributed by atoms with Gasteiger partial charge in [0.1, 0.15) is 11.6 Å². The number of methoxy groups -OCH3 is 1. The zero-order chi connectivity index (χ0) is 21.5. The van der Waals surface area contributed by atoms with E-state index in [2.05, 4.69) is 26.4 Å². The topological polar surface area (TPSA) is 105 Å². The first-order chi connectivity index (χ1) is 14.5. The number of benzene rings is 2. The normalized spacial score (nSPS) is 10.4. The first kappa shape index (κ1) is 21.8. The van der Waals surface area contributed by atoms with Gasteiger partial charge in [0.25, 0.3) is 5.91 Å². The molecule has 156 valence electrons. The van der Waals surface area contributed by atoms with Crippen LogP contribution in [0, 0.1) is 5.82 Å². The molecule has 0 fully saturated rings. The molecule has 12 heteroatoms. The first-order valence-corrected chi connectivity index (χ1v) is 10.5. The van der Waals surface area contributed by atoms with Gasteiger partial charge in [-0.3, -0.25) is 20.4 Å². The Morgan fingerprint density at radius 3 is 2.77 bits per heavy atom. The van der Waals surface area contributed by atoms with Gasteiger partial charge in [0, 0.05) is 5.02 Å². The van der Waals surface area contributed by atoms with Crippen LogP contribution in [0.5, 0.6) is 5.75 Å². The number of hydrogen-bond donors (Lipinski definition) is 3. The van der Waals surface area contributed by atoms with Crippen LogP contribution in [0.3, 0.4) is 0 Å². The number of carbonyl (C=O) groups is 2. The van der Waals surface area contributed by atoms with Gasteiger partial charge in [-0.05, 0) is 30.3 Å². The Labute approximate surface area is 184 Å². The van der Waals surface area contributed by atoms with Crippen molar-refractivity contribution in [2.45, 2.75) is 4.34 Å². The van der Waals surface area contributed by atoms with Crippen LogP contribution in [0.25, 0.3) is 0 Å². The summed E-state index contributed by atoms with van der Waals surface area (Å²) >= 11 is 8.19. The average Bonchev–Trinajstić information content (AvgIpc) is 3.19. The molecule has 2 amide bonds. The number of hydrazine groups is 1. The van der Waals surface area contributed by atoms with Gasteiger partial charge in [0.15, 0.2) is 4.34 Å². The maximum absolute atomic E-state index is 13.7. The largest absolute Gasteiger partial charge is 0.496 e. The van der Waals surface area contributed by atoms with Gasteiger partial charge in [-0.25, -0.2) is 4.39 Å². The third kappa shape index (κ3) is 5.81. The Kier molecular flexibility index (Phi) is 7.44. The van der Waals surface area contributed by atoms with Gasteiger partial charge in [0.2, 0.25) is 11.0 Å². The standard InChI is InChI=1S/C18H15ClFN5O3S2/c1-28-14-7-6-10(19)8-11(14)16(27)23-22-15(26)9-29-18-25-24-17(30-18)21-13-5-3-2-4-12(13)20/h2-8H,9H2,1H3,(H,21,24)(H,22,26)(H,23,27). The number of hydrogen-bond acceptors (Lipinski definition) is 8. The number of ether oxygens (including phenoxy) is 1. The van der Waals surface area contributed by atoms with Crippen LogP contribution >= 0.6 is 34.7 Å². The summed E-state index contributed by atoms with van der Waals surface area (Å²) in [5.74, 6) is -1.12. The lowest BCUT2D eigenvalue weighted by Crippen LogP contribution is -2.42. The van der Waals surface area contributed by atoms with Crippen LogP contribution in [0.15, 0.2) is 46.8 Å². The molecule has 2 aromatic carbocycles. The van der Waals surface area contributed by atoms with Crippen molar-refractivity contribution in [3.8, 4) is 5.75 Å². The Morgan fingerprint density at radius 1 is 1.20 bits per heavy atom. The molecule has 3 N–H and O–H groups in total. The van der Waals surface area contributed by atoms with E-state index in [1.807, 2.05) is 0 Å². The van der Waals surface area contributed by atoms with Gasteiger partial charge in [0.05, 0.1) is 24.1 Å². The highest BCUT2D eigenvalue weighted by molar-refractivity contribution is 8.01. The zero-order valence-corrected chi connectivity index (χ0v) is 17.8. The minimum absolute atomic E-state index is 0.0126. The monoisotopic (exact) mass is 467 g/mol. The van der Waals surface area contributed by atoms with Crippen LogP contribution in [-0.4, -0.2) is 34.9 Å². The summed E-state index contributed by atoms with van der Waals surface area (Å²) in [6, 6.07) is 10.8. The van der Waals surface area contributed by atoms with E-state index in [0.29, 0.717) is 20.2 Å². The number of carbonyl (C=O) groups excluding carboxylic acids is 2.